The van der Waals surface area contributed by atoms with Crippen molar-refractivity contribution >= 4 is 0 Å². The van der Waals surface area contributed by atoms with Gasteiger partial charge in [-0.2, -0.15) is 0 Å². The minimum atomic E-state index is 0.122. The lowest BCUT2D eigenvalue weighted by atomic mass is 10.2. The minimum absolute atomic E-state index is 0.122. The van der Waals surface area contributed by atoms with Crippen molar-refractivity contribution in [3.63, 3.8) is 0 Å². The third kappa shape index (κ3) is 1.84. The molecule has 0 aliphatic rings. The minimum Gasteiger partial charge on any atom is -0.396 e. The summed E-state index contributed by atoms with van der Waals surface area (Å²) in [6, 6.07) is 3.92. The van der Waals surface area contributed by atoms with Crippen LogP contribution in [-0.4, -0.2) is 26.2 Å². The van der Waals surface area contributed by atoms with E-state index >= 15 is 0 Å². The molecule has 84 valence electrons. The third-order valence-corrected chi connectivity index (χ3v) is 2.63. The highest BCUT2D eigenvalue weighted by Crippen LogP contribution is 2.22. The molecule has 4 nitrogen and oxygen atoms in total. The molecule has 2 aromatic heterocycles. The van der Waals surface area contributed by atoms with Gasteiger partial charge in [0.2, 0.25) is 0 Å². The predicted molar refractivity (Wildman–Crippen MR) is 62.0 cm³/mol. The number of nitrogens with zero attached hydrogens (tertiary/aromatic N) is 3. The number of imidazole rings is 1. The molecule has 0 unspecified atom stereocenters. The van der Waals surface area contributed by atoms with Crippen LogP contribution in [0.25, 0.3) is 11.3 Å². The first-order valence-electron chi connectivity index (χ1n) is 5.27. The van der Waals surface area contributed by atoms with Crippen LogP contribution in [0.4, 0.5) is 0 Å². The van der Waals surface area contributed by atoms with Gasteiger partial charge in [-0.05, 0) is 19.1 Å². The molecule has 1 N–H and O–H groups in total. The summed E-state index contributed by atoms with van der Waals surface area (Å²) >= 11 is 0. The standard InChI is InChI=1S/C12H15N3O/c1-9-12(10-4-3-6-13-8-10)15(2)11(14-9)5-7-16/h3-4,6,8,16H,5,7H2,1-2H3. The number of hydrogen-bond acceptors (Lipinski definition) is 3. The molecule has 0 aliphatic heterocycles. The van der Waals surface area contributed by atoms with E-state index in [1.54, 1.807) is 6.20 Å². The smallest absolute Gasteiger partial charge is 0.111 e. The summed E-state index contributed by atoms with van der Waals surface area (Å²) in [4.78, 5) is 8.56. The third-order valence-electron chi connectivity index (χ3n) is 2.63. The van der Waals surface area contributed by atoms with Gasteiger partial charge in [0.05, 0.1) is 18.0 Å². The van der Waals surface area contributed by atoms with Gasteiger partial charge in [-0.3, -0.25) is 4.98 Å². The van der Waals surface area contributed by atoms with Gasteiger partial charge in [0.15, 0.2) is 0 Å². The number of pyridine rings is 1. The van der Waals surface area contributed by atoms with Crippen molar-refractivity contribution in [2.75, 3.05) is 6.61 Å². The van der Waals surface area contributed by atoms with Gasteiger partial charge in [0.25, 0.3) is 0 Å². The fourth-order valence-corrected chi connectivity index (χ4v) is 1.92. The van der Waals surface area contributed by atoms with Crippen LogP contribution in [0, 0.1) is 6.92 Å². The lowest BCUT2D eigenvalue weighted by Gasteiger charge is -2.05. The van der Waals surface area contributed by atoms with E-state index in [1.807, 2.05) is 36.9 Å². The molecule has 0 radical (unpaired) electrons. The Balaban J connectivity index is 2.49. The zero-order valence-corrected chi connectivity index (χ0v) is 9.51. The van der Waals surface area contributed by atoms with Gasteiger partial charge in [0.1, 0.15) is 5.82 Å². The molecule has 0 atom stereocenters. The van der Waals surface area contributed by atoms with Gasteiger partial charge in [-0.25, -0.2) is 4.98 Å². The zero-order chi connectivity index (χ0) is 11.5. The highest BCUT2D eigenvalue weighted by molar-refractivity contribution is 5.61. The molecule has 2 heterocycles. The predicted octanol–water partition coefficient (Wildman–Crippen LogP) is 1.33. The van der Waals surface area contributed by atoms with Crippen LogP contribution in [-0.2, 0) is 13.5 Å². The summed E-state index contributed by atoms with van der Waals surface area (Å²) in [6.45, 7) is 2.10. The Hall–Kier alpha value is -1.68. The van der Waals surface area contributed by atoms with Crippen LogP contribution in [0.1, 0.15) is 11.5 Å². The van der Waals surface area contributed by atoms with Gasteiger partial charge < -0.3 is 9.67 Å². The second kappa shape index (κ2) is 4.45. The van der Waals surface area contributed by atoms with E-state index in [4.69, 9.17) is 5.11 Å². The zero-order valence-electron chi connectivity index (χ0n) is 9.51. The summed E-state index contributed by atoms with van der Waals surface area (Å²) in [5.74, 6) is 0.902. The van der Waals surface area contributed by atoms with Crippen molar-refractivity contribution in [1.82, 2.24) is 14.5 Å². The van der Waals surface area contributed by atoms with Gasteiger partial charge >= 0.3 is 0 Å². The van der Waals surface area contributed by atoms with Crippen LogP contribution < -0.4 is 0 Å². The number of rotatable bonds is 3. The molecule has 0 saturated carbocycles. The van der Waals surface area contributed by atoms with Gasteiger partial charge in [0, 0.05) is 31.4 Å². The highest BCUT2D eigenvalue weighted by Gasteiger charge is 2.12. The van der Waals surface area contributed by atoms with E-state index in [1.165, 1.54) is 0 Å². The number of aliphatic hydroxyl groups is 1. The van der Waals surface area contributed by atoms with Crippen LogP contribution in [0.2, 0.25) is 0 Å². The molecule has 16 heavy (non-hydrogen) atoms. The maximum Gasteiger partial charge on any atom is 0.111 e. The quantitative estimate of drug-likeness (QED) is 0.843. The van der Waals surface area contributed by atoms with Crippen LogP contribution >= 0.6 is 0 Å². The van der Waals surface area contributed by atoms with Crippen molar-refractivity contribution in [2.24, 2.45) is 7.05 Å². The molecule has 0 bridgehead atoms. The van der Waals surface area contributed by atoms with Crippen LogP contribution in [0.15, 0.2) is 24.5 Å². The maximum absolute atomic E-state index is 8.95. The van der Waals surface area contributed by atoms with Crippen molar-refractivity contribution in [3.05, 3.63) is 36.0 Å². The fraction of sp³-hybridized carbons (Fsp3) is 0.333. The second-order valence-corrected chi connectivity index (χ2v) is 3.74. The molecule has 0 saturated heterocycles. The summed E-state index contributed by atoms with van der Waals surface area (Å²) in [7, 11) is 1.97. The summed E-state index contributed by atoms with van der Waals surface area (Å²) < 4.78 is 2.02. The molecule has 0 amide bonds. The first kappa shape index (κ1) is 10.8. The SMILES string of the molecule is Cc1nc(CCO)n(C)c1-c1cccnc1. The first-order chi connectivity index (χ1) is 7.74. The van der Waals surface area contributed by atoms with Crippen molar-refractivity contribution in [3.8, 4) is 11.3 Å². The Bertz CT molecular complexity index is 477. The fourth-order valence-electron chi connectivity index (χ4n) is 1.92. The topological polar surface area (TPSA) is 50.9 Å². The van der Waals surface area contributed by atoms with Crippen molar-refractivity contribution < 1.29 is 5.11 Å². The number of hydrogen-bond donors (Lipinski definition) is 1. The molecule has 2 rings (SSSR count). The monoisotopic (exact) mass is 217 g/mol. The average Bonchev–Trinajstić information content (AvgIpc) is 2.56. The molecule has 0 aromatic carbocycles. The average molecular weight is 217 g/mol. The Labute approximate surface area is 94.6 Å². The molecule has 0 fully saturated rings. The largest absolute Gasteiger partial charge is 0.396 e. The molecular formula is C12H15N3O. The Morgan fingerprint density at radius 2 is 2.25 bits per heavy atom. The molecule has 0 spiro atoms. The van der Waals surface area contributed by atoms with E-state index < -0.39 is 0 Å². The van der Waals surface area contributed by atoms with E-state index in [2.05, 4.69) is 9.97 Å². The van der Waals surface area contributed by atoms with E-state index in [-0.39, 0.29) is 6.61 Å². The summed E-state index contributed by atoms with van der Waals surface area (Å²) in [5.41, 5.74) is 3.09. The van der Waals surface area contributed by atoms with Gasteiger partial charge in [-0.1, -0.05) is 0 Å². The Morgan fingerprint density at radius 1 is 1.44 bits per heavy atom. The van der Waals surface area contributed by atoms with Crippen molar-refractivity contribution in [2.45, 2.75) is 13.3 Å². The number of aliphatic hydroxyl groups excluding tert-OH is 1. The lowest BCUT2D eigenvalue weighted by molar-refractivity contribution is 0.295. The normalized spacial score (nSPS) is 10.7. The lowest BCUT2D eigenvalue weighted by Crippen LogP contribution is -2.02. The highest BCUT2D eigenvalue weighted by atomic mass is 16.3. The molecule has 2 aromatic rings. The van der Waals surface area contributed by atoms with E-state index in [0.29, 0.717) is 6.42 Å². The first-order valence-corrected chi connectivity index (χ1v) is 5.27. The van der Waals surface area contributed by atoms with Crippen LogP contribution in [0.5, 0.6) is 0 Å². The molecule has 4 heteroatoms. The maximum atomic E-state index is 8.95. The summed E-state index contributed by atoms with van der Waals surface area (Å²) in [6.07, 6.45) is 4.16. The second-order valence-electron chi connectivity index (χ2n) is 3.74. The molecule has 0 aliphatic carbocycles. The van der Waals surface area contributed by atoms with E-state index in [0.717, 1.165) is 22.8 Å². The Morgan fingerprint density at radius 3 is 2.88 bits per heavy atom. The van der Waals surface area contributed by atoms with E-state index in [9.17, 15) is 0 Å². The summed E-state index contributed by atoms with van der Waals surface area (Å²) in [5, 5.41) is 8.95. The number of aryl methyl sites for hydroxylation is 1. The van der Waals surface area contributed by atoms with Gasteiger partial charge in [-0.15, -0.1) is 0 Å². The Kier molecular flexibility index (Phi) is 3.01. The van der Waals surface area contributed by atoms with Crippen LogP contribution in [0.3, 0.4) is 0 Å². The molecular weight excluding hydrogens is 202 g/mol. The number of aromatic nitrogens is 3. The van der Waals surface area contributed by atoms with Crippen molar-refractivity contribution in [1.29, 1.82) is 0 Å².